The molecule has 0 saturated carbocycles. The molecular weight excluding hydrogens is 338 g/mol. The molecule has 6 nitrogen and oxygen atoms in total. The summed E-state index contributed by atoms with van der Waals surface area (Å²) in [7, 11) is -3.94. The molecule has 0 aliphatic carbocycles. The Hall–Kier alpha value is -0.510. The van der Waals surface area contributed by atoms with Gasteiger partial charge in [0.15, 0.2) is 0 Å². The summed E-state index contributed by atoms with van der Waals surface area (Å²) in [6.07, 6.45) is 0. The van der Waals surface area contributed by atoms with Gasteiger partial charge < -0.3 is 15.3 Å². The Labute approximate surface area is 120 Å². The fraction of sp³-hybridized carbons (Fsp3) is 0.455. The standard InChI is InChI=1S/C11H16BrNO5S/c1-8-4-9(2-3-10(8)12)19(17,18)13-11(5-14,6-15)7-16/h2-4,13-16H,5-7H2,1H3. The molecule has 8 heteroatoms. The highest BCUT2D eigenvalue weighted by molar-refractivity contribution is 9.10. The number of benzene rings is 1. The zero-order valence-electron chi connectivity index (χ0n) is 10.3. The molecule has 0 amide bonds. The van der Waals surface area contributed by atoms with Crippen LogP contribution in [0, 0.1) is 6.92 Å². The van der Waals surface area contributed by atoms with Gasteiger partial charge in [0.05, 0.1) is 24.7 Å². The molecule has 0 radical (unpaired) electrons. The lowest BCUT2D eigenvalue weighted by Gasteiger charge is -2.28. The smallest absolute Gasteiger partial charge is 0.241 e. The fourth-order valence-corrected chi connectivity index (χ4v) is 3.08. The van der Waals surface area contributed by atoms with Gasteiger partial charge in [0, 0.05) is 4.47 Å². The van der Waals surface area contributed by atoms with E-state index in [0.717, 1.165) is 10.0 Å². The van der Waals surface area contributed by atoms with Crippen molar-refractivity contribution in [1.29, 1.82) is 0 Å². The first kappa shape index (κ1) is 16.5. The van der Waals surface area contributed by atoms with E-state index in [1.54, 1.807) is 13.0 Å². The van der Waals surface area contributed by atoms with Crippen molar-refractivity contribution in [1.82, 2.24) is 4.72 Å². The molecule has 0 aliphatic heterocycles. The Balaban J connectivity index is 3.14. The largest absolute Gasteiger partial charge is 0.394 e. The maximum absolute atomic E-state index is 12.1. The number of nitrogens with one attached hydrogen (secondary N) is 1. The number of halogens is 1. The number of sulfonamides is 1. The molecule has 1 rings (SSSR count). The molecular formula is C11H16BrNO5S. The normalized spacial score (nSPS) is 12.7. The van der Waals surface area contributed by atoms with E-state index >= 15 is 0 Å². The summed E-state index contributed by atoms with van der Waals surface area (Å²) in [6.45, 7) is -0.404. The van der Waals surface area contributed by atoms with Crippen LogP contribution in [-0.4, -0.2) is 49.1 Å². The van der Waals surface area contributed by atoms with E-state index in [0.29, 0.717) is 0 Å². The molecule has 4 N–H and O–H groups in total. The topological polar surface area (TPSA) is 107 Å². The third-order valence-electron chi connectivity index (χ3n) is 2.70. The first-order chi connectivity index (χ1) is 8.80. The van der Waals surface area contributed by atoms with Crippen LogP contribution in [0.5, 0.6) is 0 Å². The van der Waals surface area contributed by atoms with Gasteiger partial charge in [-0.3, -0.25) is 0 Å². The molecule has 0 heterocycles. The number of hydrogen-bond donors (Lipinski definition) is 4. The van der Waals surface area contributed by atoms with Crippen LogP contribution in [0.4, 0.5) is 0 Å². The zero-order chi connectivity index (χ0) is 14.7. The van der Waals surface area contributed by atoms with Gasteiger partial charge in [0.25, 0.3) is 0 Å². The van der Waals surface area contributed by atoms with Crippen molar-refractivity contribution in [2.24, 2.45) is 0 Å². The third kappa shape index (κ3) is 3.74. The Morgan fingerprint density at radius 3 is 2.16 bits per heavy atom. The van der Waals surface area contributed by atoms with E-state index < -0.39 is 35.4 Å². The number of aliphatic hydroxyl groups is 3. The van der Waals surface area contributed by atoms with E-state index in [1.807, 2.05) is 0 Å². The van der Waals surface area contributed by atoms with Crippen LogP contribution in [0.25, 0.3) is 0 Å². The summed E-state index contributed by atoms with van der Waals surface area (Å²) < 4.78 is 27.2. The lowest BCUT2D eigenvalue weighted by molar-refractivity contribution is 0.0582. The maximum Gasteiger partial charge on any atom is 0.241 e. The predicted octanol–water partition coefficient (Wildman–Crippen LogP) is -0.248. The molecule has 0 bridgehead atoms. The first-order valence-corrected chi connectivity index (χ1v) is 7.70. The molecule has 0 saturated heterocycles. The highest BCUT2D eigenvalue weighted by Crippen LogP contribution is 2.21. The Kier molecular flexibility index (Phi) is 5.48. The van der Waals surface area contributed by atoms with Gasteiger partial charge >= 0.3 is 0 Å². The van der Waals surface area contributed by atoms with Gasteiger partial charge in [0.2, 0.25) is 10.0 Å². The van der Waals surface area contributed by atoms with Gasteiger partial charge in [-0.1, -0.05) is 15.9 Å². The SMILES string of the molecule is Cc1cc(S(=O)(=O)NC(CO)(CO)CO)ccc1Br. The van der Waals surface area contributed by atoms with Crippen molar-refractivity contribution < 1.29 is 23.7 Å². The third-order valence-corrected chi connectivity index (χ3v) is 5.16. The highest BCUT2D eigenvalue weighted by atomic mass is 79.9. The summed E-state index contributed by atoms with van der Waals surface area (Å²) >= 11 is 3.26. The van der Waals surface area contributed by atoms with E-state index in [1.165, 1.54) is 12.1 Å². The first-order valence-electron chi connectivity index (χ1n) is 5.43. The van der Waals surface area contributed by atoms with E-state index in [9.17, 15) is 8.42 Å². The van der Waals surface area contributed by atoms with E-state index in [-0.39, 0.29) is 4.90 Å². The molecule has 1 aromatic carbocycles. The Bertz CT molecular complexity index is 534. The van der Waals surface area contributed by atoms with Crippen LogP contribution in [0.1, 0.15) is 5.56 Å². The molecule has 0 aromatic heterocycles. The summed E-state index contributed by atoms with van der Waals surface area (Å²) in [6, 6.07) is 4.42. The van der Waals surface area contributed by atoms with Crippen LogP contribution < -0.4 is 4.72 Å². The van der Waals surface area contributed by atoms with Gasteiger partial charge in [0.1, 0.15) is 5.54 Å². The molecule has 0 atom stereocenters. The molecule has 19 heavy (non-hydrogen) atoms. The molecule has 0 aliphatic rings. The van der Waals surface area contributed by atoms with Crippen LogP contribution in [-0.2, 0) is 10.0 Å². The summed E-state index contributed by atoms with van der Waals surface area (Å²) in [4.78, 5) is -0.00655. The van der Waals surface area contributed by atoms with Crippen molar-refractivity contribution in [3.63, 3.8) is 0 Å². The van der Waals surface area contributed by atoms with Gasteiger partial charge in [-0.25, -0.2) is 8.42 Å². The average molecular weight is 354 g/mol. The van der Waals surface area contributed by atoms with E-state index in [4.69, 9.17) is 15.3 Å². The summed E-state index contributed by atoms with van der Waals surface area (Å²) in [5.74, 6) is 0. The van der Waals surface area contributed by atoms with Crippen LogP contribution in [0.2, 0.25) is 0 Å². The van der Waals surface area contributed by atoms with Gasteiger partial charge in [-0.2, -0.15) is 4.72 Å². The van der Waals surface area contributed by atoms with Gasteiger partial charge in [-0.15, -0.1) is 0 Å². The molecule has 0 unspecified atom stereocenters. The van der Waals surface area contributed by atoms with Crippen molar-refractivity contribution in [2.45, 2.75) is 17.4 Å². The molecule has 0 fully saturated rings. The van der Waals surface area contributed by atoms with Gasteiger partial charge in [-0.05, 0) is 30.7 Å². The Morgan fingerprint density at radius 2 is 1.74 bits per heavy atom. The number of aryl methyl sites for hydroxylation is 1. The maximum atomic E-state index is 12.1. The minimum atomic E-state index is -3.94. The second-order valence-electron chi connectivity index (χ2n) is 4.27. The minimum absolute atomic E-state index is 0.00655. The lowest BCUT2D eigenvalue weighted by atomic mass is 10.1. The monoisotopic (exact) mass is 353 g/mol. The average Bonchev–Trinajstić information content (AvgIpc) is 2.39. The van der Waals surface area contributed by atoms with Crippen molar-refractivity contribution in [3.05, 3.63) is 28.2 Å². The number of hydrogen-bond acceptors (Lipinski definition) is 5. The molecule has 0 spiro atoms. The van der Waals surface area contributed by atoms with Crippen molar-refractivity contribution in [3.8, 4) is 0 Å². The number of rotatable bonds is 6. The Morgan fingerprint density at radius 1 is 1.21 bits per heavy atom. The highest BCUT2D eigenvalue weighted by Gasteiger charge is 2.33. The van der Waals surface area contributed by atoms with Crippen molar-refractivity contribution >= 4 is 26.0 Å². The minimum Gasteiger partial charge on any atom is -0.394 e. The van der Waals surface area contributed by atoms with Crippen molar-refractivity contribution in [2.75, 3.05) is 19.8 Å². The summed E-state index contributed by atoms with van der Waals surface area (Å²) in [5, 5.41) is 27.4. The molecule has 1 aromatic rings. The quantitative estimate of drug-likeness (QED) is 0.564. The van der Waals surface area contributed by atoms with Crippen LogP contribution in [0.15, 0.2) is 27.6 Å². The lowest BCUT2D eigenvalue weighted by Crippen LogP contribution is -2.56. The van der Waals surface area contributed by atoms with Crippen LogP contribution in [0.3, 0.4) is 0 Å². The van der Waals surface area contributed by atoms with E-state index in [2.05, 4.69) is 20.7 Å². The number of aliphatic hydroxyl groups excluding tert-OH is 3. The second-order valence-corrected chi connectivity index (χ2v) is 6.81. The second kappa shape index (κ2) is 6.29. The van der Waals surface area contributed by atoms with Crippen LogP contribution >= 0.6 is 15.9 Å². The predicted molar refractivity (Wildman–Crippen MR) is 73.2 cm³/mol. The summed E-state index contributed by atoms with van der Waals surface area (Å²) in [5.41, 5.74) is -0.953. The molecule has 108 valence electrons. The fourth-order valence-electron chi connectivity index (χ4n) is 1.38. The zero-order valence-corrected chi connectivity index (χ0v) is 12.7.